The third kappa shape index (κ3) is 2.09. The van der Waals surface area contributed by atoms with Crippen molar-refractivity contribution in [2.24, 2.45) is 5.73 Å². The van der Waals surface area contributed by atoms with Crippen LogP contribution >= 0.6 is 0 Å². The van der Waals surface area contributed by atoms with Crippen molar-refractivity contribution >= 4 is 11.6 Å². The number of hydrogen-bond donors (Lipinski definition) is 3. The van der Waals surface area contributed by atoms with Gasteiger partial charge in [0.25, 0.3) is 0 Å². The molecule has 0 aromatic carbocycles. The number of ketones is 2. The summed E-state index contributed by atoms with van der Waals surface area (Å²) in [5, 5.41) is 20.4. The van der Waals surface area contributed by atoms with E-state index in [9.17, 15) is 19.8 Å². The molecule has 0 saturated heterocycles. The van der Waals surface area contributed by atoms with Gasteiger partial charge in [0.1, 0.15) is 0 Å². The summed E-state index contributed by atoms with van der Waals surface area (Å²) in [6, 6.07) is 0. The smallest absolute Gasteiger partial charge is 0.180 e. The average Bonchev–Trinajstić information content (AvgIpc) is 2.23. The molecule has 0 fully saturated rings. The molecule has 0 aromatic heterocycles. The van der Waals surface area contributed by atoms with Gasteiger partial charge >= 0.3 is 0 Å². The van der Waals surface area contributed by atoms with Crippen molar-refractivity contribution in [3.63, 3.8) is 0 Å². The molecule has 17 heavy (non-hydrogen) atoms. The minimum absolute atomic E-state index is 0.350. The SMILES string of the molecule is CC(=O)C1(O)C=CC(CCN)=CC1(O)C(C)=O. The second-order valence-electron chi connectivity index (χ2n) is 4.24. The first-order valence-electron chi connectivity index (χ1n) is 5.36. The Morgan fingerprint density at radius 3 is 2.18 bits per heavy atom. The Kier molecular flexibility index (Phi) is 3.66. The van der Waals surface area contributed by atoms with Crippen LogP contribution in [0.1, 0.15) is 20.3 Å². The number of hydrogen-bond acceptors (Lipinski definition) is 5. The summed E-state index contributed by atoms with van der Waals surface area (Å²) in [6.45, 7) is 2.60. The van der Waals surface area contributed by atoms with Gasteiger partial charge in [-0.05, 0) is 44.5 Å². The predicted octanol–water partition coefficient (Wildman–Crippen LogP) is -0.528. The molecular formula is C12H17NO4. The van der Waals surface area contributed by atoms with Crippen LogP contribution in [0, 0.1) is 0 Å². The molecule has 2 atom stereocenters. The zero-order valence-corrected chi connectivity index (χ0v) is 9.93. The Balaban J connectivity index is 3.28. The molecule has 1 aliphatic carbocycles. The summed E-state index contributed by atoms with van der Waals surface area (Å²) in [5.74, 6) is -1.37. The van der Waals surface area contributed by atoms with Gasteiger partial charge in [0.2, 0.25) is 0 Å². The van der Waals surface area contributed by atoms with Crippen LogP contribution in [0.3, 0.4) is 0 Å². The first-order chi connectivity index (χ1) is 7.78. The van der Waals surface area contributed by atoms with Crippen molar-refractivity contribution < 1.29 is 19.8 Å². The number of carbonyl (C=O) groups excluding carboxylic acids is 2. The van der Waals surface area contributed by atoms with E-state index in [0.717, 1.165) is 19.9 Å². The van der Waals surface area contributed by atoms with Crippen LogP contribution < -0.4 is 5.73 Å². The van der Waals surface area contributed by atoms with Gasteiger partial charge in [0.15, 0.2) is 22.8 Å². The molecule has 5 heteroatoms. The molecule has 0 aromatic rings. The number of rotatable bonds is 4. The van der Waals surface area contributed by atoms with Crippen molar-refractivity contribution in [1.29, 1.82) is 0 Å². The standard InChI is InChI=1S/C12H17NO4/c1-8(14)11(16)5-3-10(4-6-13)7-12(11,17)9(2)15/h3,5,7,16-17H,4,6,13H2,1-2H3. The van der Waals surface area contributed by atoms with E-state index in [4.69, 9.17) is 5.73 Å². The number of aliphatic hydroxyl groups is 2. The molecule has 1 rings (SSSR count). The minimum Gasteiger partial charge on any atom is -0.374 e. The van der Waals surface area contributed by atoms with Gasteiger partial charge in [-0.2, -0.15) is 0 Å². The zero-order valence-electron chi connectivity index (χ0n) is 9.93. The first kappa shape index (κ1) is 13.8. The second-order valence-corrected chi connectivity index (χ2v) is 4.24. The third-order valence-corrected chi connectivity index (χ3v) is 3.02. The highest BCUT2D eigenvalue weighted by Gasteiger charge is 2.54. The Labute approximate surface area is 99.6 Å². The van der Waals surface area contributed by atoms with E-state index in [-0.39, 0.29) is 0 Å². The fourth-order valence-electron chi connectivity index (χ4n) is 1.86. The van der Waals surface area contributed by atoms with Gasteiger partial charge in [0, 0.05) is 0 Å². The lowest BCUT2D eigenvalue weighted by Crippen LogP contribution is -2.61. The predicted molar refractivity (Wildman–Crippen MR) is 62.2 cm³/mol. The topological polar surface area (TPSA) is 101 Å². The molecule has 0 heterocycles. The first-order valence-corrected chi connectivity index (χ1v) is 5.36. The number of Topliss-reactive ketones (excluding diaryl/α,β-unsaturated/α-hetero) is 2. The molecule has 1 aliphatic rings. The highest BCUT2D eigenvalue weighted by atomic mass is 16.4. The molecule has 4 N–H and O–H groups in total. The molecule has 0 bridgehead atoms. The van der Waals surface area contributed by atoms with E-state index >= 15 is 0 Å². The summed E-state index contributed by atoms with van der Waals surface area (Å²) in [5.41, 5.74) is 1.59. The third-order valence-electron chi connectivity index (χ3n) is 3.02. The lowest BCUT2D eigenvalue weighted by Gasteiger charge is -2.38. The number of nitrogens with two attached hydrogens (primary N) is 1. The molecule has 5 nitrogen and oxygen atoms in total. The van der Waals surface area contributed by atoms with Crippen LogP contribution in [0.15, 0.2) is 23.8 Å². The largest absolute Gasteiger partial charge is 0.374 e. The summed E-state index contributed by atoms with van der Waals surface area (Å²) >= 11 is 0. The quantitative estimate of drug-likeness (QED) is 0.612. The molecule has 0 radical (unpaired) electrons. The molecule has 0 aliphatic heterocycles. The Morgan fingerprint density at radius 1 is 1.24 bits per heavy atom. The van der Waals surface area contributed by atoms with Crippen molar-refractivity contribution in [2.45, 2.75) is 31.5 Å². The molecule has 0 saturated carbocycles. The molecule has 94 valence electrons. The minimum atomic E-state index is -2.21. The summed E-state index contributed by atoms with van der Waals surface area (Å²) in [7, 11) is 0. The maximum atomic E-state index is 11.5. The summed E-state index contributed by atoms with van der Waals surface area (Å²) < 4.78 is 0. The van der Waals surface area contributed by atoms with Crippen molar-refractivity contribution in [3.8, 4) is 0 Å². The van der Waals surface area contributed by atoms with Crippen LogP contribution in [0.4, 0.5) is 0 Å². The van der Waals surface area contributed by atoms with Gasteiger partial charge in [-0.3, -0.25) is 9.59 Å². The maximum Gasteiger partial charge on any atom is 0.180 e. The second kappa shape index (κ2) is 4.52. The number of carbonyl (C=O) groups is 2. The lowest BCUT2D eigenvalue weighted by molar-refractivity contribution is -0.162. The molecule has 0 spiro atoms. The van der Waals surface area contributed by atoms with E-state index in [1.54, 1.807) is 0 Å². The fourth-order valence-corrected chi connectivity index (χ4v) is 1.86. The van der Waals surface area contributed by atoms with Crippen LogP contribution in [-0.4, -0.2) is 39.5 Å². The highest BCUT2D eigenvalue weighted by molar-refractivity contribution is 6.01. The van der Waals surface area contributed by atoms with Crippen LogP contribution in [0.2, 0.25) is 0 Å². The van der Waals surface area contributed by atoms with E-state index in [1.807, 2.05) is 0 Å². The molecular weight excluding hydrogens is 222 g/mol. The van der Waals surface area contributed by atoms with Gasteiger partial charge < -0.3 is 15.9 Å². The summed E-state index contributed by atoms with van der Waals surface area (Å²) in [6.07, 6.45) is 4.33. The van der Waals surface area contributed by atoms with Crippen molar-refractivity contribution in [1.82, 2.24) is 0 Å². The Morgan fingerprint density at radius 2 is 1.76 bits per heavy atom. The van der Waals surface area contributed by atoms with E-state index in [2.05, 4.69) is 0 Å². The van der Waals surface area contributed by atoms with E-state index in [0.29, 0.717) is 18.5 Å². The van der Waals surface area contributed by atoms with Crippen LogP contribution in [0.25, 0.3) is 0 Å². The zero-order chi connectivity index (χ0) is 13.3. The normalized spacial score (nSPS) is 32.2. The molecule has 2 unspecified atom stereocenters. The lowest BCUT2D eigenvalue weighted by atomic mass is 9.73. The monoisotopic (exact) mass is 239 g/mol. The maximum absolute atomic E-state index is 11.5. The average molecular weight is 239 g/mol. The van der Waals surface area contributed by atoms with Gasteiger partial charge in [-0.25, -0.2) is 0 Å². The van der Waals surface area contributed by atoms with Crippen molar-refractivity contribution in [3.05, 3.63) is 23.8 Å². The van der Waals surface area contributed by atoms with E-state index in [1.165, 1.54) is 12.2 Å². The van der Waals surface area contributed by atoms with Crippen molar-refractivity contribution in [2.75, 3.05) is 6.54 Å². The number of allylic oxidation sites excluding steroid dienone is 1. The van der Waals surface area contributed by atoms with Gasteiger partial charge in [-0.1, -0.05) is 6.08 Å². The van der Waals surface area contributed by atoms with Crippen LogP contribution in [-0.2, 0) is 9.59 Å². The highest BCUT2D eigenvalue weighted by Crippen LogP contribution is 2.33. The van der Waals surface area contributed by atoms with Gasteiger partial charge in [-0.15, -0.1) is 0 Å². The Bertz CT molecular complexity index is 413. The van der Waals surface area contributed by atoms with Gasteiger partial charge in [0.05, 0.1) is 0 Å². The molecule has 0 amide bonds. The Hall–Kier alpha value is -1.30. The van der Waals surface area contributed by atoms with Crippen LogP contribution in [0.5, 0.6) is 0 Å². The fraction of sp³-hybridized carbons (Fsp3) is 0.500. The summed E-state index contributed by atoms with van der Waals surface area (Å²) in [4.78, 5) is 23.0. The van der Waals surface area contributed by atoms with E-state index < -0.39 is 22.8 Å².